The molecule has 32 heavy (non-hydrogen) atoms. The molecular weight excluding hydrogens is 431 g/mol. The molecule has 0 radical (unpaired) electrons. The van der Waals surface area contributed by atoms with Crippen LogP contribution >= 0.6 is 0 Å². The number of halogens is 3. The van der Waals surface area contributed by atoms with Gasteiger partial charge in [0.25, 0.3) is 0 Å². The third-order valence-electron chi connectivity index (χ3n) is 5.65. The van der Waals surface area contributed by atoms with Crippen LogP contribution in [0.15, 0.2) is 16.8 Å². The van der Waals surface area contributed by atoms with Crippen molar-refractivity contribution >= 4 is 11.9 Å². The lowest BCUT2D eigenvalue weighted by Gasteiger charge is -2.34. The van der Waals surface area contributed by atoms with Crippen molar-refractivity contribution in [3.05, 3.63) is 35.0 Å². The molecule has 0 aromatic carbocycles. The second-order valence-electron chi connectivity index (χ2n) is 8.10. The SMILES string of the molecule is Cc1noc(C)c1CN1Cc2ccnn2C(CC(=O)NC2CCC2)C1.O=C(O)C(F)(F)F. The van der Waals surface area contributed by atoms with Crippen molar-refractivity contribution in [3.8, 4) is 0 Å². The van der Waals surface area contributed by atoms with E-state index in [1.165, 1.54) is 6.42 Å². The lowest BCUT2D eigenvalue weighted by atomic mass is 9.93. The van der Waals surface area contributed by atoms with Crippen molar-refractivity contribution in [2.45, 2.75) is 70.9 Å². The highest BCUT2D eigenvalue weighted by molar-refractivity contribution is 5.76. The summed E-state index contributed by atoms with van der Waals surface area (Å²) in [6.45, 7) is 6.34. The Kier molecular flexibility index (Phi) is 7.22. The molecule has 0 spiro atoms. The van der Waals surface area contributed by atoms with Gasteiger partial charge < -0.3 is 14.9 Å². The minimum Gasteiger partial charge on any atom is -0.475 e. The van der Waals surface area contributed by atoms with Crippen LogP contribution in [-0.4, -0.2) is 55.6 Å². The predicted octanol–water partition coefficient (Wildman–Crippen LogP) is 2.74. The number of carbonyl (C=O) groups is 2. The molecule has 12 heteroatoms. The maximum absolute atomic E-state index is 12.4. The van der Waals surface area contributed by atoms with Crippen molar-refractivity contribution in [1.82, 2.24) is 25.2 Å². The number of hydrogen-bond donors (Lipinski definition) is 2. The highest BCUT2D eigenvalue weighted by Gasteiger charge is 2.38. The molecule has 2 aromatic heterocycles. The number of aromatic nitrogens is 3. The molecule has 1 aliphatic carbocycles. The van der Waals surface area contributed by atoms with E-state index in [0.717, 1.165) is 55.2 Å². The molecule has 2 aliphatic rings. The summed E-state index contributed by atoms with van der Waals surface area (Å²) in [6.07, 6.45) is 0.668. The van der Waals surface area contributed by atoms with Crippen LogP contribution in [0.25, 0.3) is 0 Å². The highest BCUT2D eigenvalue weighted by Crippen LogP contribution is 2.26. The summed E-state index contributed by atoms with van der Waals surface area (Å²) in [6, 6.07) is 2.49. The first-order valence-corrected chi connectivity index (χ1v) is 10.3. The number of carbonyl (C=O) groups excluding carboxylic acids is 1. The number of aliphatic carboxylic acids is 1. The number of nitrogens with zero attached hydrogens (tertiary/aromatic N) is 4. The fourth-order valence-corrected chi connectivity index (χ4v) is 3.74. The first kappa shape index (κ1) is 23.8. The van der Waals surface area contributed by atoms with Gasteiger partial charge in [-0.25, -0.2) is 4.79 Å². The molecule has 4 rings (SSSR count). The van der Waals surface area contributed by atoms with Gasteiger partial charge in [0.05, 0.1) is 23.9 Å². The molecule has 1 saturated carbocycles. The third-order valence-corrected chi connectivity index (χ3v) is 5.65. The number of amides is 1. The lowest BCUT2D eigenvalue weighted by molar-refractivity contribution is -0.192. The Balaban J connectivity index is 0.000000360. The fraction of sp³-hybridized carbons (Fsp3) is 0.600. The van der Waals surface area contributed by atoms with Gasteiger partial charge in [0, 0.05) is 37.4 Å². The minimum atomic E-state index is -5.08. The molecule has 0 bridgehead atoms. The predicted molar refractivity (Wildman–Crippen MR) is 105 cm³/mol. The van der Waals surface area contributed by atoms with E-state index in [1.54, 1.807) is 0 Å². The Labute approximate surface area is 182 Å². The van der Waals surface area contributed by atoms with Crippen molar-refractivity contribution in [1.29, 1.82) is 0 Å². The van der Waals surface area contributed by atoms with Crippen LogP contribution < -0.4 is 5.32 Å². The standard InChI is InChI=1S/C18H25N5O2.C2HF3O2/c1-12-17(13(2)25-21-12)11-22-9-15-6-7-19-23(15)16(10-22)8-18(24)20-14-4-3-5-14;3-2(4,5)1(6)7/h6-7,14,16H,3-5,8-11H2,1-2H3,(H,20,24);(H,6,7). The highest BCUT2D eigenvalue weighted by atomic mass is 19.4. The Bertz CT molecular complexity index is 932. The van der Waals surface area contributed by atoms with E-state index in [2.05, 4.69) is 20.5 Å². The summed E-state index contributed by atoms with van der Waals surface area (Å²) in [5.74, 6) is -1.75. The molecule has 9 nitrogen and oxygen atoms in total. The summed E-state index contributed by atoms with van der Waals surface area (Å²) in [7, 11) is 0. The van der Waals surface area contributed by atoms with E-state index in [0.29, 0.717) is 12.5 Å². The Morgan fingerprint density at radius 1 is 1.31 bits per heavy atom. The number of aryl methyl sites for hydroxylation is 2. The van der Waals surface area contributed by atoms with Gasteiger partial charge in [-0.05, 0) is 39.2 Å². The molecule has 176 valence electrons. The van der Waals surface area contributed by atoms with Gasteiger partial charge >= 0.3 is 12.1 Å². The lowest BCUT2D eigenvalue weighted by Crippen LogP contribution is -2.43. The first-order valence-electron chi connectivity index (χ1n) is 10.3. The van der Waals surface area contributed by atoms with Gasteiger partial charge in [-0.3, -0.25) is 14.4 Å². The number of nitrogens with one attached hydrogen (secondary N) is 1. The van der Waals surface area contributed by atoms with Gasteiger partial charge in [0.1, 0.15) is 5.76 Å². The van der Waals surface area contributed by atoms with Crippen LogP contribution in [0.3, 0.4) is 0 Å². The molecule has 0 saturated heterocycles. The zero-order valence-electron chi connectivity index (χ0n) is 17.9. The maximum atomic E-state index is 12.4. The molecule has 1 fully saturated rings. The molecule has 2 N–H and O–H groups in total. The van der Waals surface area contributed by atoms with Crippen molar-refractivity contribution in [3.63, 3.8) is 0 Å². The quantitative estimate of drug-likeness (QED) is 0.710. The van der Waals surface area contributed by atoms with Gasteiger partial charge in [-0.1, -0.05) is 5.16 Å². The summed E-state index contributed by atoms with van der Waals surface area (Å²) in [5.41, 5.74) is 3.24. The van der Waals surface area contributed by atoms with E-state index in [4.69, 9.17) is 14.4 Å². The van der Waals surface area contributed by atoms with Gasteiger partial charge in [-0.15, -0.1) is 0 Å². The first-order chi connectivity index (χ1) is 15.0. The average Bonchev–Trinajstić information content (AvgIpc) is 3.26. The number of fused-ring (bicyclic) bond motifs is 1. The van der Waals surface area contributed by atoms with Crippen molar-refractivity contribution < 1.29 is 32.4 Å². The molecular formula is C20H26F3N5O4. The van der Waals surface area contributed by atoms with Crippen LogP contribution in [0.5, 0.6) is 0 Å². The Morgan fingerprint density at radius 2 is 2.00 bits per heavy atom. The Hall–Kier alpha value is -2.89. The zero-order valence-corrected chi connectivity index (χ0v) is 17.9. The number of alkyl halides is 3. The summed E-state index contributed by atoms with van der Waals surface area (Å²) < 4.78 is 39.0. The largest absolute Gasteiger partial charge is 0.490 e. The molecule has 1 atom stereocenters. The van der Waals surface area contributed by atoms with E-state index in [1.807, 2.05) is 30.8 Å². The van der Waals surface area contributed by atoms with Crippen LogP contribution in [0, 0.1) is 13.8 Å². The summed E-state index contributed by atoms with van der Waals surface area (Å²) in [4.78, 5) is 23.6. The average molecular weight is 457 g/mol. The minimum absolute atomic E-state index is 0.0688. The van der Waals surface area contributed by atoms with E-state index in [9.17, 15) is 18.0 Å². The second-order valence-corrected chi connectivity index (χ2v) is 8.10. The number of rotatable bonds is 5. The normalized spacial score (nSPS) is 18.8. The Morgan fingerprint density at radius 3 is 2.53 bits per heavy atom. The molecule has 1 aliphatic heterocycles. The van der Waals surface area contributed by atoms with E-state index >= 15 is 0 Å². The fourth-order valence-electron chi connectivity index (χ4n) is 3.74. The summed E-state index contributed by atoms with van der Waals surface area (Å²) in [5, 5.41) is 18.8. The number of carboxylic acid groups (broad SMARTS) is 1. The topological polar surface area (TPSA) is 113 Å². The third kappa shape index (κ3) is 5.87. The smallest absolute Gasteiger partial charge is 0.475 e. The second kappa shape index (κ2) is 9.72. The number of hydrogen-bond acceptors (Lipinski definition) is 6. The van der Waals surface area contributed by atoms with E-state index in [-0.39, 0.29) is 11.9 Å². The van der Waals surface area contributed by atoms with Crippen LogP contribution in [0.2, 0.25) is 0 Å². The van der Waals surface area contributed by atoms with Crippen LogP contribution in [-0.2, 0) is 22.7 Å². The zero-order chi connectivity index (χ0) is 23.5. The van der Waals surface area contributed by atoms with Crippen molar-refractivity contribution in [2.75, 3.05) is 6.54 Å². The number of carboxylic acids is 1. The molecule has 3 heterocycles. The van der Waals surface area contributed by atoms with Gasteiger partial charge in [-0.2, -0.15) is 18.3 Å². The monoisotopic (exact) mass is 457 g/mol. The summed E-state index contributed by atoms with van der Waals surface area (Å²) >= 11 is 0. The molecule has 2 aromatic rings. The van der Waals surface area contributed by atoms with Crippen molar-refractivity contribution in [2.24, 2.45) is 0 Å². The van der Waals surface area contributed by atoms with Crippen LogP contribution in [0.1, 0.15) is 54.4 Å². The van der Waals surface area contributed by atoms with Crippen LogP contribution in [0.4, 0.5) is 13.2 Å². The van der Waals surface area contributed by atoms with E-state index < -0.39 is 12.1 Å². The maximum Gasteiger partial charge on any atom is 0.490 e. The van der Waals surface area contributed by atoms with Gasteiger partial charge in [0.2, 0.25) is 5.91 Å². The van der Waals surface area contributed by atoms with Gasteiger partial charge in [0.15, 0.2) is 0 Å². The molecule has 1 amide bonds. The molecule has 1 unspecified atom stereocenters.